The van der Waals surface area contributed by atoms with E-state index in [1.165, 1.54) is 31.4 Å². The summed E-state index contributed by atoms with van der Waals surface area (Å²) < 4.78 is 88.4. The minimum atomic E-state index is -4.41. The van der Waals surface area contributed by atoms with Crippen LogP contribution < -0.4 is 0 Å². The SMILES string of the molecule is CO[C@@H]1O[C@@H]2COC(c3ccccc3)O[C@@H]2[C@H](OS(=O)(=O)c2ccc(C)cc2)[C@H]1OS(=O)(=O)c1ccc(C)cc1. The summed E-state index contributed by atoms with van der Waals surface area (Å²) in [7, 11) is -7.52. The molecule has 6 atom stereocenters. The molecule has 0 aromatic heterocycles. The van der Waals surface area contributed by atoms with Crippen molar-refractivity contribution in [3.05, 3.63) is 95.6 Å². The molecule has 2 fully saturated rings. The third-order valence-corrected chi connectivity index (χ3v) is 9.33. The molecule has 12 heteroatoms. The van der Waals surface area contributed by atoms with Gasteiger partial charge in [-0.25, -0.2) is 0 Å². The number of methoxy groups -OCH3 is 1. The van der Waals surface area contributed by atoms with Crippen LogP contribution in [0.4, 0.5) is 0 Å². The fourth-order valence-electron chi connectivity index (χ4n) is 4.54. The van der Waals surface area contributed by atoms with Gasteiger partial charge in [0, 0.05) is 12.7 Å². The van der Waals surface area contributed by atoms with Gasteiger partial charge in [0.2, 0.25) is 0 Å². The highest BCUT2D eigenvalue weighted by Gasteiger charge is 2.54. The molecule has 5 rings (SSSR count). The monoisotopic (exact) mass is 590 g/mol. The molecule has 0 spiro atoms. The van der Waals surface area contributed by atoms with Crippen LogP contribution in [-0.4, -0.2) is 61.3 Å². The zero-order valence-electron chi connectivity index (χ0n) is 22.1. The summed E-state index contributed by atoms with van der Waals surface area (Å²) in [5.41, 5.74) is 2.39. The predicted molar refractivity (Wildman–Crippen MR) is 142 cm³/mol. The van der Waals surface area contributed by atoms with Gasteiger partial charge in [0.05, 0.1) is 16.4 Å². The zero-order valence-corrected chi connectivity index (χ0v) is 23.7. The molecular weight excluding hydrogens is 560 g/mol. The molecule has 2 heterocycles. The molecule has 10 nitrogen and oxygen atoms in total. The first-order valence-corrected chi connectivity index (χ1v) is 15.4. The van der Waals surface area contributed by atoms with Gasteiger partial charge >= 0.3 is 0 Å². The lowest BCUT2D eigenvalue weighted by Crippen LogP contribution is -2.64. The first kappa shape index (κ1) is 28.8. The average molecular weight is 591 g/mol. The summed E-state index contributed by atoms with van der Waals surface area (Å²) >= 11 is 0. The van der Waals surface area contributed by atoms with E-state index in [2.05, 4.69) is 0 Å². The Bertz CT molecular complexity index is 1510. The van der Waals surface area contributed by atoms with Crippen molar-refractivity contribution in [2.45, 2.75) is 60.6 Å². The lowest BCUT2D eigenvalue weighted by molar-refractivity contribution is -0.351. The number of ether oxygens (including phenoxy) is 4. The summed E-state index contributed by atoms with van der Waals surface area (Å²) in [6.45, 7) is 3.65. The highest BCUT2D eigenvalue weighted by atomic mass is 32.2. The van der Waals surface area contributed by atoms with Crippen molar-refractivity contribution in [3.63, 3.8) is 0 Å². The highest BCUT2D eigenvalue weighted by Crippen LogP contribution is 2.38. The number of benzene rings is 3. The van der Waals surface area contributed by atoms with Crippen LogP contribution in [-0.2, 0) is 47.5 Å². The Hall–Kier alpha value is -2.68. The Balaban J connectivity index is 1.53. The van der Waals surface area contributed by atoms with Crippen molar-refractivity contribution >= 4 is 20.2 Å². The number of hydrogen-bond acceptors (Lipinski definition) is 10. The number of rotatable bonds is 8. The molecule has 2 aliphatic heterocycles. The van der Waals surface area contributed by atoms with E-state index in [0.717, 1.165) is 11.1 Å². The van der Waals surface area contributed by atoms with Crippen molar-refractivity contribution in [2.24, 2.45) is 0 Å². The first-order valence-electron chi connectivity index (χ1n) is 12.6. The summed E-state index contributed by atoms with van der Waals surface area (Å²) in [6.07, 6.45) is -7.17. The Morgan fingerprint density at radius 2 is 1.23 bits per heavy atom. The standard InChI is InChI=1S/C28H30O10S2/c1-18-9-13-21(14-10-18)39(29,30)37-25-24-23(17-34-27(36-24)20-7-5-4-6-8-20)35-28(33-3)26(25)38-40(31,32)22-15-11-19(2)12-16-22/h4-16,23-28H,17H2,1-3H3/t23-,24+,25+,26-,27?,28-/m1/s1. The Morgan fingerprint density at radius 1 is 0.700 bits per heavy atom. The highest BCUT2D eigenvalue weighted by molar-refractivity contribution is 7.87. The Morgan fingerprint density at radius 3 is 1.75 bits per heavy atom. The molecule has 0 amide bonds. The maximum Gasteiger partial charge on any atom is 0.297 e. The van der Waals surface area contributed by atoms with Crippen LogP contribution in [0.25, 0.3) is 0 Å². The number of fused-ring (bicyclic) bond motifs is 1. The fourth-order valence-corrected chi connectivity index (χ4v) is 6.71. The van der Waals surface area contributed by atoms with Crippen LogP contribution in [0, 0.1) is 13.8 Å². The largest absolute Gasteiger partial charge is 0.353 e. The molecule has 0 bridgehead atoms. The molecule has 0 radical (unpaired) electrons. The van der Waals surface area contributed by atoms with E-state index in [-0.39, 0.29) is 16.4 Å². The lowest BCUT2D eigenvalue weighted by Gasteiger charge is -2.47. The average Bonchev–Trinajstić information content (AvgIpc) is 2.94. The number of aryl methyl sites for hydroxylation is 2. The third-order valence-electron chi connectivity index (χ3n) is 6.68. The van der Waals surface area contributed by atoms with Crippen molar-refractivity contribution in [3.8, 4) is 0 Å². The minimum Gasteiger partial charge on any atom is -0.353 e. The van der Waals surface area contributed by atoms with Gasteiger partial charge in [0.1, 0.15) is 18.3 Å². The Labute approximate surface area is 234 Å². The smallest absolute Gasteiger partial charge is 0.297 e. The van der Waals surface area contributed by atoms with E-state index >= 15 is 0 Å². The van der Waals surface area contributed by atoms with Gasteiger partial charge in [-0.1, -0.05) is 65.7 Å². The van der Waals surface area contributed by atoms with Gasteiger partial charge in [0.15, 0.2) is 18.7 Å². The molecule has 214 valence electrons. The topological polar surface area (TPSA) is 124 Å². The van der Waals surface area contributed by atoms with Crippen molar-refractivity contribution in [2.75, 3.05) is 13.7 Å². The second-order valence-corrected chi connectivity index (χ2v) is 12.8. The maximum atomic E-state index is 13.5. The van der Waals surface area contributed by atoms with Crippen LogP contribution in [0.15, 0.2) is 88.7 Å². The fraction of sp³-hybridized carbons (Fsp3) is 0.357. The molecule has 1 unspecified atom stereocenters. The van der Waals surface area contributed by atoms with Crippen LogP contribution in [0.2, 0.25) is 0 Å². The molecule has 2 aliphatic rings. The van der Waals surface area contributed by atoms with Crippen LogP contribution in [0.1, 0.15) is 23.0 Å². The second kappa shape index (κ2) is 11.7. The second-order valence-electron chi connectivity index (χ2n) is 9.61. The predicted octanol–water partition coefficient (Wildman–Crippen LogP) is 3.64. The minimum absolute atomic E-state index is 0.00591. The normalized spacial score (nSPS) is 27.2. The molecule has 3 aromatic carbocycles. The van der Waals surface area contributed by atoms with E-state index in [1.54, 1.807) is 36.4 Å². The van der Waals surface area contributed by atoms with E-state index in [1.807, 2.05) is 32.0 Å². The van der Waals surface area contributed by atoms with Crippen LogP contribution in [0.5, 0.6) is 0 Å². The van der Waals surface area contributed by atoms with Gasteiger partial charge < -0.3 is 18.9 Å². The summed E-state index contributed by atoms with van der Waals surface area (Å²) in [4.78, 5) is -0.229. The molecule has 2 saturated heterocycles. The summed E-state index contributed by atoms with van der Waals surface area (Å²) in [5, 5.41) is 0. The number of hydrogen-bond donors (Lipinski definition) is 0. The van der Waals surface area contributed by atoms with Gasteiger partial charge in [0.25, 0.3) is 20.2 Å². The Kier molecular flexibility index (Phi) is 8.41. The van der Waals surface area contributed by atoms with Crippen molar-refractivity contribution in [1.82, 2.24) is 0 Å². The quantitative estimate of drug-likeness (QED) is 0.359. The van der Waals surface area contributed by atoms with Crippen molar-refractivity contribution in [1.29, 1.82) is 0 Å². The third kappa shape index (κ3) is 6.14. The zero-order chi connectivity index (χ0) is 28.5. The van der Waals surface area contributed by atoms with E-state index in [9.17, 15) is 16.8 Å². The molecule has 0 aliphatic carbocycles. The summed E-state index contributed by atoms with van der Waals surface area (Å²) in [5.74, 6) is 0. The molecular formula is C28H30O10S2. The van der Waals surface area contributed by atoms with Gasteiger partial charge in [-0.2, -0.15) is 16.8 Å². The van der Waals surface area contributed by atoms with Crippen LogP contribution in [0.3, 0.4) is 0 Å². The first-order chi connectivity index (χ1) is 19.1. The van der Waals surface area contributed by atoms with Crippen LogP contribution >= 0.6 is 0 Å². The van der Waals surface area contributed by atoms with E-state index < -0.39 is 57.2 Å². The molecule has 40 heavy (non-hydrogen) atoms. The molecule has 3 aromatic rings. The molecule has 0 N–H and O–H groups in total. The maximum absolute atomic E-state index is 13.5. The van der Waals surface area contributed by atoms with E-state index in [0.29, 0.717) is 5.56 Å². The van der Waals surface area contributed by atoms with E-state index in [4.69, 9.17) is 27.3 Å². The lowest BCUT2D eigenvalue weighted by atomic mass is 9.98. The van der Waals surface area contributed by atoms with Gasteiger partial charge in [-0.05, 0) is 38.1 Å². The summed E-state index contributed by atoms with van der Waals surface area (Å²) in [6, 6.07) is 21.2. The van der Waals surface area contributed by atoms with Crippen molar-refractivity contribution < 1.29 is 44.1 Å². The molecule has 0 saturated carbocycles. The van der Waals surface area contributed by atoms with Gasteiger partial charge in [-0.3, -0.25) is 8.37 Å². The van der Waals surface area contributed by atoms with Gasteiger partial charge in [-0.15, -0.1) is 0 Å².